The van der Waals surface area contributed by atoms with Crippen molar-refractivity contribution in [3.8, 4) is 11.5 Å². The number of aryl methyl sites for hydroxylation is 1. The molecule has 1 fully saturated rings. The van der Waals surface area contributed by atoms with Gasteiger partial charge in [0.15, 0.2) is 11.5 Å². The first-order valence-electron chi connectivity index (χ1n) is 10.2. The Labute approximate surface area is 202 Å². The van der Waals surface area contributed by atoms with E-state index in [0.29, 0.717) is 32.8 Å². The van der Waals surface area contributed by atoms with Gasteiger partial charge in [-0.2, -0.15) is 0 Å². The first kappa shape index (κ1) is 22.8. The summed E-state index contributed by atoms with van der Waals surface area (Å²) in [5.74, 6) is 0.0941. The highest BCUT2D eigenvalue weighted by atomic mass is 32.2. The fourth-order valence-corrected chi connectivity index (χ4v) is 4.60. The predicted octanol–water partition coefficient (Wildman–Crippen LogP) is 5.62. The highest BCUT2D eigenvalue weighted by Gasteiger charge is 2.32. The zero-order valence-corrected chi connectivity index (χ0v) is 19.7. The Kier molecular flexibility index (Phi) is 6.91. The van der Waals surface area contributed by atoms with E-state index in [2.05, 4.69) is 0 Å². The van der Waals surface area contributed by atoms with Crippen LogP contribution in [0.2, 0.25) is 0 Å². The predicted molar refractivity (Wildman–Crippen MR) is 134 cm³/mol. The highest BCUT2D eigenvalue weighted by Crippen LogP contribution is 2.35. The second-order valence-corrected chi connectivity index (χ2v) is 9.10. The van der Waals surface area contributed by atoms with Gasteiger partial charge in [-0.15, -0.1) is 0 Å². The van der Waals surface area contributed by atoms with Crippen molar-refractivity contribution in [3.63, 3.8) is 0 Å². The smallest absolute Gasteiger partial charge is 0.343 e. The fourth-order valence-electron chi connectivity index (χ4n) is 3.34. The molecule has 0 saturated carbocycles. The minimum Gasteiger partial charge on any atom is -0.493 e. The maximum absolute atomic E-state index is 12.9. The van der Waals surface area contributed by atoms with Crippen molar-refractivity contribution in [1.29, 1.82) is 0 Å². The van der Waals surface area contributed by atoms with Crippen LogP contribution in [-0.4, -0.2) is 28.2 Å². The molecule has 0 atom stereocenters. The van der Waals surface area contributed by atoms with Crippen LogP contribution in [-0.2, 0) is 11.3 Å². The van der Waals surface area contributed by atoms with Crippen LogP contribution in [0.1, 0.15) is 27.0 Å². The van der Waals surface area contributed by atoms with E-state index in [0.717, 1.165) is 16.7 Å². The lowest BCUT2D eigenvalue weighted by molar-refractivity contribution is -0.122. The van der Waals surface area contributed by atoms with Gasteiger partial charge in [-0.1, -0.05) is 78.1 Å². The Bertz CT molecular complexity index is 1250. The number of hydrogen-bond donors (Lipinski definition) is 0. The molecule has 33 heavy (non-hydrogen) atoms. The molecule has 0 bridgehead atoms. The zero-order valence-electron chi connectivity index (χ0n) is 18.1. The normalized spacial score (nSPS) is 14.6. The van der Waals surface area contributed by atoms with Crippen LogP contribution in [0.3, 0.4) is 0 Å². The minimum atomic E-state index is -0.466. The molecular weight excluding hydrogens is 454 g/mol. The molecule has 1 heterocycles. The third-order valence-corrected chi connectivity index (χ3v) is 6.38. The Hall–Kier alpha value is -3.42. The van der Waals surface area contributed by atoms with Gasteiger partial charge in [0.05, 0.1) is 24.1 Å². The Morgan fingerprint density at radius 1 is 1.03 bits per heavy atom. The number of thiocarbonyl (C=S) groups is 1. The van der Waals surface area contributed by atoms with Gasteiger partial charge in [-0.25, -0.2) is 4.79 Å². The molecule has 1 aliphatic heterocycles. The van der Waals surface area contributed by atoms with E-state index in [4.69, 9.17) is 21.7 Å². The summed E-state index contributed by atoms with van der Waals surface area (Å²) in [6.07, 6.45) is 1.76. The molecular formula is C26H21NO4S2. The minimum absolute atomic E-state index is 0.136. The van der Waals surface area contributed by atoms with Crippen molar-refractivity contribution in [2.24, 2.45) is 0 Å². The third kappa shape index (κ3) is 5.32. The largest absolute Gasteiger partial charge is 0.493 e. The van der Waals surface area contributed by atoms with Gasteiger partial charge in [0, 0.05) is 0 Å². The molecule has 0 unspecified atom stereocenters. The summed E-state index contributed by atoms with van der Waals surface area (Å²) >= 11 is 6.69. The number of ether oxygens (including phenoxy) is 2. The second-order valence-electron chi connectivity index (χ2n) is 7.42. The van der Waals surface area contributed by atoms with Crippen molar-refractivity contribution in [3.05, 3.63) is 100.0 Å². The van der Waals surface area contributed by atoms with E-state index in [-0.39, 0.29) is 5.91 Å². The number of esters is 1. The van der Waals surface area contributed by atoms with Gasteiger partial charge >= 0.3 is 5.97 Å². The quantitative estimate of drug-likeness (QED) is 0.200. The van der Waals surface area contributed by atoms with E-state index in [1.165, 1.54) is 18.9 Å². The van der Waals surface area contributed by atoms with Crippen molar-refractivity contribution in [1.82, 2.24) is 4.90 Å². The van der Waals surface area contributed by atoms with Gasteiger partial charge in [0.25, 0.3) is 5.91 Å². The Morgan fingerprint density at radius 3 is 2.55 bits per heavy atom. The van der Waals surface area contributed by atoms with Gasteiger partial charge in [0.2, 0.25) is 0 Å². The topological polar surface area (TPSA) is 55.8 Å². The van der Waals surface area contributed by atoms with Gasteiger partial charge in [-0.3, -0.25) is 9.69 Å². The summed E-state index contributed by atoms with van der Waals surface area (Å²) < 4.78 is 11.5. The van der Waals surface area contributed by atoms with E-state index in [9.17, 15) is 9.59 Å². The van der Waals surface area contributed by atoms with Gasteiger partial charge in [-0.05, 0) is 48.4 Å². The van der Waals surface area contributed by atoms with Crippen LogP contribution in [0, 0.1) is 6.92 Å². The first-order valence-corrected chi connectivity index (χ1v) is 11.4. The van der Waals surface area contributed by atoms with Crippen LogP contribution in [0.4, 0.5) is 0 Å². The van der Waals surface area contributed by atoms with Crippen molar-refractivity contribution in [2.75, 3.05) is 7.11 Å². The first-order chi connectivity index (χ1) is 15.9. The number of rotatable bonds is 6. The molecule has 5 nitrogen and oxygen atoms in total. The van der Waals surface area contributed by atoms with Crippen molar-refractivity contribution in [2.45, 2.75) is 13.5 Å². The molecule has 1 saturated heterocycles. The molecule has 0 radical (unpaired) electrons. The van der Waals surface area contributed by atoms with E-state index in [1.807, 2.05) is 43.3 Å². The van der Waals surface area contributed by atoms with Crippen LogP contribution in [0.15, 0.2) is 77.7 Å². The lowest BCUT2D eigenvalue weighted by atomic mass is 10.1. The molecule has 0 aromatic heterocycles. The molecule has 0 aliphatic carbocycles. The molecule has 3 aromatic rings. The molecule has 1 amide bonds. The molecule has 4 rings (SSSR count). The summed E-state index contributed by atoms with van der Waals surface area (Å²) in [6.45, 7) is 2.34. The lowest BCUT2D eigenvalue weighted by Crippen LogP contribution is -2.27. The molecule has 7 heteroatoms. The van der Waals surface area contributed by atoms with Crippen LogP contribution in [0.5, 0.6) is 11.5 Å². The van der Waals surface area contributed by atoms with Crippen LogP contribution >= 0.6 is 24.0 Å². The number of benzene rings is 3. The van der Waals surface area contributed by atoms with Crippen LogP contribution in [0.25, 0.3) is 6.08 Å². The van der Waals surface area contributed by atoms with E-state index in [1.54, 1.807) is 47.4 Å². The summed E-state index contributed by atoms with van der Waals surface area (Å²) in [5.41, 5.74) is 3.18. The van der Waals surface area contributed by atoms with Crippen molar-refractivity contribution < 1.29 is 19.1 Å². The van der Waals surface area contributed by atoms with Crippen LogP contribution < -0.4 is 9.47 Å². The summed E-state index contributed by atoms with van der Waals surface area (Å²) in [5, 5.41) is 0. The average molecular weight is 476 g/mol. The second kappa shape index (κ2) is 10.0. The molecule has 3 aromatic carbocycles. The summed E-state index contributed by atoms with van der Waals surface area (Å²) in [4.78, 5) is 27.6. The Balaban J connectivity index is 1.52. The molecule has 0 spiro atoms. The monoisotopic (exact) mass is 475 g/mol. The summed E-state index contributed by atoms with van der Waals surface area (Å²) in [6, 6.07) is 22.1. The SMILES string of the molecule is COc1cc(C=C2SC(=S)N(Cc3ccccc3)C2=O)ccc1OC(=O)c1cccc(C)c1. The lowest BCUT2D eigenvalue weighted by Gasteiger charge is -2.14. The van der Waals surface area contributed by atoms with Gasteiger partial charge in [0.1, 0.15) is 4.32 Å². The van der Waals surface area contributed by atoms with Gasteiger partial charge < -0.3 is 9.47 Å². The summed E-state index contributed by atoms with van der Waals surface area (Å²) in [7, 11) is 1.50. The number of carbonyl (C=O) groups is 2. The number of nitrogens with zero attached hydrogens (tertiary/aromatic N) is 1. The average Bonchev–Trinajstić information content (AvgIpc) is 3.08. The molecule has 166 valence electrons. The number of hydrogen-bond acceptors (Lipinski definition) is 6. The molecule has 1 aliphatic rings. The zero-order chi connectivity index (χ0) is 23.4. The number of amides is 1. The fraction of sp³-hybridized carbons (Fsp3) is 0.115. The number of thioether (sulfide) groups is 1. The van der Waals surface area contributed by atoms with Crippen molar-refractivity contribution >= 4 is 46.3 Å². The maximum atomic E-state index is 12.9. The number of methoxy groups -OCH3 is 1. The Morgan fingerprint density at radius 2 is 1.82 bits per heavy atom. The number of carbonyl (C=O) groups excluding carboxylic acids is 2. The maximum Gasteiger partial charge on any atom is 0.343 e. The third-order valence-electron chi connectivity index (χ3n) is 5.00. The van der Waals surface area contributed by atoms with E-state index < -0.39 is 5.97 Å². The standard InChI is InChI=1S/C26H21NO4S2/c1-17-7-6-10-20(13-17)25(29)31-21-12-11-19(14-22(21)30-2)15-23-24(28)27(26(32)33-23)16-18-8-4-3-5-9-18/h3-15H,16H2,1-2H3. The molecule has 0 N–H and O–H groups in total. The highest BCUT2D eigenvalue weighted by molar-refractivity contribution is 8.26. The van der Waals surface area contributed by atoms with E-state index >= 15 is 0 Å².